The molecule has 0 amide bonds. The van der Waals surface area contributed by atoms with Gasteiger partial charge in [0.1, 0.15) is 4.99 Å². The molecule has 0 bridgehead atoms. The Morgan fingerprint density at radius 3 is 2.08 bits per heavy atom. The summed E-state index contributed by atoms with van der Waals surface area (Å²) in [6.07, 6.45) is 0.739. The summed E-state index contributed by atoms with van der Waals surface area (Å²) >= 11 is 4.47. The first kappa shape index (κ1) is 22.9. The summed E-state index contributed by atoms with van der Waals surface area (Å²) < 4.78 is 46.4. The summed E-state index contributed by atoms with van der Waals surface area (Å²) in [6.45, 7) is 7.40. The molecule has 0 fully saturated rings. The van der Waals surface area contributed by atoms with Crippen LogP contribution < -0.4 is 5.25 Å². The summed E-state index contributed by atoms with van der Waals surface area (Å²) in [5, 5.41) is 2.19. The first-order valence-corrected chi connectivity index (χ1v) is 11.9. The van der Waals surface area contributed by atoms with E-state index in [0.29, 0.717) is 0 Å². The van der Waals surface area contributed by atoms with E-state index in [2.05, 4.69) is 17.9 Å². The Kier molecular flexibility index (Phi) is 9.93. The van der Waals surface area contributed by atoms with E-state index >= 15 is 0 Å². The highest BCUT2D eigenvalue weighted by molar-refractivity contribution is 7.89. The van der Waals surface area contributed by atoms with Crippen molar-refractivity contribution in [1.82, 2.24) is 5.25 Å². The van der Waals surface area contributed by atoms with Gasteiger partial charge in [-0.25, -0.2) is 9.19 Å². The summed E-state index contributed by atoms with van der Waals surface area (Å²) in [5.41, 5.74) is 1.71. The van der Waals surface area contributed by atoms with E-state index in [4.69, 9.17) is 18.2 Å². The standard InChI is InChI=1S/C15H27NO6P2S/c1-5-13-11-9-10-12-14(13)15(25)23(17,19-6-2)22-16-24(18,20-7-3)21-8-4/h9-12,15,25H,5-8H2,1-4H3,(H,16,18). The molecule has 0 saturated carbocycles. The smallest absolute Gasteiger partial charge is 0.307 e. The molecule has 1 aromatic rings. The largest absolute Gasteiger partial charge is 0.428 e. The number of nitrogens with one attached hydrogen (secondary N) is 1. The van der Waals surface area contributed by atoms with E-state index in [0.717, 1.165) is 17.5 Å². The molecule has 0 saturated heterocycles. The zero-order valence-corrected chi connectivity index (χ0v) is 17.7. The van der Waals surface area contributed by atoms with Crippen molar-refractivity contribution in [1.29, 1.82) is 0 Å². The maximum absolute atomic E-state index is 13.2. The molecule has 144 valence electrons. The van der Waals surface area contributed by atoms with E-state index in [9.17, 15) is 9.13 Å². The van der Waals surface area contributed by atoms with Crippen LogP contribution in [0.4, 0.5) is 0 Å². The lowest BCUT2D eigenvalue weighted by Crippen LogP contribution is -2.17. The summed E-state index contributed by atoms with van der Waals surface area (Å²) in [4.78, 5) is -0.854. The third-order valence-electron chi connectivity index (χ3n) is 3.20. The van der Waals surface area contributed by atoms with Gasteiger partial charge in [0, 0.05) is 0 Å². The Bertz CT molecular complexity index is 620. The maximum Gasteiger partial charge on any atom is 0.428 e. The second-order valence-corrected chi connectivity index (χ2v) is 9.55. The molecule has 2 unspecified atom stereocenters. The van der Waals surface area contributed by atoms with Crippen molar-refractivity contribution in [3.8, 4) is 0 Å². The van der Waals surface area contributed by atoms with Gasteiger partial charge in [-0.3, -0.25) is 13.6 Å². The van der Waals surface area contributed by atoms with Crippen LogP contribution in [-0.2, 0) is 33.7 Å². The molecule has 0 spiro atoms. The monoisotopic (exact) mass is 411 g/mol. The molecule has 0 aliphatic heterocycles. The molecule has 0 heterocycles. The lowest BCUT2D eigenvalue weighted by atomic mass is 10.1. The third kappa shape index (κ3) is 6.49. The Labute approximate surface area is 155 Å². The Balaban J connectivity index is 3.06. The van der Waals surface area contributed by atoms with Crippen LogP contribution in [0.3, 0.4) is 0 Å². The summed E-state index contributed by atoms with van der Waals surface area (Å²) in [7, 11) is -7.54. The quantitative estimate of drug-likeness (QED) is 0.281. The topological polar surface area (TPSA) is 83.1 Å². The number of hydrogen-bond donors (Lipinski definition) is 2. The number of rotatable bonds is 12. The Hall–Kier alpha value is -0.170. The lowest BCUT2D eigenvalue weighted by Gasteiger charge is -2.26. The number of aryl methyl sites for hydroxylation is 1. The molecule has 0 aliphatic carbocycles. The second kappa shape index (κ2) is 10.9. The minimum absolute atomic E-state index is 0.134. The van der Waals surface area contributed by atoms with E-state index in [-0.39, 0.29) is 19.8 Å². The summed E-state index contributed by atoms with van der Waals surface area (Å²) in [6, 6.07) is 7.46. The fourth-order valence-electron chi connectivity index (χ4n) is 2.14. The third-order valence-corrected chi connectivity index (χ3v) is 7.82. The molecule has 1 rings (SSSR count). The predicted octanol–water partition coefficient (Wildman–Crippen LogP) is 5.11. The van der Waals surface area contributed by atoms with Gasteiger partial charge < -0.3 is 4.52 Å². The fraction of sp³-hybridized carbons (Fsp3) is 0.600. The van der Waals surface area contributed by atoms with Gasteiger partial charge in [0.2, 0.25) is 0 Å². The molecule has 10 heteroatoms. The van der Waals surface area contributed by atoms with E-state index < -0.39 is 20.3 Å². The van der Waals surface area contributed by atoms with Gasteiger partial charge in [-0.2, -0.15) is 12.6 Å². The van der Waals surface area contributed by atoms with Gasteiger partial charge in [0.05, 0.1) is 19.8 Å². The first-order chi connectivity index (χ1) is 11.9. The minimum atomic E-state index is -3.80. The van der Waals surface area contributed by atoms with E-state index in [1.165, 1.54) is 0 Å². The molecule has 0 aliphatic rings. The van der Waals surface area contributed by atoms with Gasteiger partial charge in [-0.05, 0) is 38.3 Å². The maximum atomic E-state index is 13.2. The van der Waals surface area contributed by atoms with Gasteiger partial charge in [0.25, 0.3) is 0 Å². The molecular weight excluding hydrogens is 384 g/mol. The van der Waals surface area contributed by atoms with Crippen LogP contribution in [0.5, 0.6) is 0 Å². The van der Waals surface area contributed by atoms with Crippen molar-refractivity contribution in [2.24, 2.45) is 0 Å². The average Bonchev–Trinajstić information content (AvgIpc) is 2.60. The molecule has 0 radical (unpaired) electrons. The predicted molar refractivity (Wildman–Crippen MR) is 102 cm³/mol. The summed E-state index contributed by atoms with van der Waals surface area (Å²) in [5.74, 6) is 0. The van der Waals surface area contributed by atoms with Crippen molar-refractivity contribution in [3.63, 3.8) is 0 Å². The van der Waals surface area contributed by atoms with Crippen molar-refractivity contribution >= 4 is 28.0 Å². The first-order valence-electron chi connectivity index (χ1n) is 8.20. The fourth-order valence-corrected chi connectivity index (χ4v) is 5.70. The van der Waals surface area contributed by atoms with Crippen LogP contribution in [0.2, 0.25) is 0 Å². The highest BCUT2D eigenvalue weighted by atomic mass is 32.1. The van der Waals surface area contributed by atoms with Crippen molar-refractivity contribution in [3.05, 3.63) is 35.4 Å². The van der Waals surface area contributed by atoms with Crippen molar-refractivity contribution in [2.45, 2.75) is 39.1 Å². The molecule has 1 N–H and O–H groups in total. The molecule has 1 aromatic carbocycles. The molecule has 2 atom stereocenters. The highest BCUT2D eigenvalue weighted by Crippen LogP contribution is 2.64. The Morgan fingerprint density at radius 1 is 1.00 bits per heavy atom. The van der Waals surface area contributed by atoms with Crippen molar-refractivity contribution < 1.29 is 27.3 Å². The zero-order valence-electron chi connectivity index (χ0n) is 15.0. The molecule has 0 aromatic heterocycles. The van der Waals surface area contributed by atoms with Crippen LogP contribution >= 0.6 is 28.0 Å². The zero-order chi connectivity index (χ0) is 18.9. The van der Waals surface area contributed by atoms with Gasteiger partial charge in [-0.15, -0.1) is 0 Å². The van der Waals surface area contributed by atoms with Gasteiger partial charge in [0.15, 0.2) is 0 Å². The number of benzene rings is 1. The van der Waals surface area contributed by atoms with Crippen LogP contribution in [0.1, 0.15) is 43.8 Å². The Morgan fingerprint density at radius 2 is 1.56 bits per heavy atom. The van der Waals surface area contributed by atoms with E-state index in [1.807, 2.05) is 31.2 Å². The van der Waals surface area contributed by atoms with Crippen LogP contribution in [0, 0.1) is 0 Å². The SMILES string of the molecule is CCOP(=O)(NOP(=O)(OCC)C(S)c1ccccc1CC)OCC. The number of hydrogen-bond acceptors (Lipinski definition) is 7. The highest BCUT2D eigenvalue weighted by Gasteiger charge is 2.39. The van der Waals surface area contributed by atoms with Crippen LogP contribution in [-0.4, -0.2) is 19.8 Å². The molecule has 7 nitrogen and oxygen atoms in total. The second-order valence-electron chi connectivity index (χ2n) is 4.90. The van der Waals surface area contributed by atoms with Crippen LogP contribution in [0.25, 0.3) is 0 Å². The molecule has 25 heavy (non-hydrogen) atoms. The average molecular weight is 411 g/mol. The van der Waals surface area contributed by atoms with Crippen molar-refractivity contribution in [2.75, 3.05) is 19.8 Å². The van der Waals surface area contributed by atoms with Crippen LogP contribution in [0.15, 0.2) is 24.3 Å². The van der Waals surface area contributed by atoms with Gasteiger partial charge >= 0.3 is 15.3 Å². The molecular formula is C15H27NO6P2S. The van der Waals surface area contributed by atoms with Gasteiger partial charge in [-0.1, -0.05) is 36.4 Å². The number of thiol groups is 1. The minimum Gasteiger partial charge on any atom is -0.307 e. The van der Waals surface area contributed by atoms with E-state index in [1.54, 1.807) is 20.8 Å². The normalized spacial score (nSPS) is 15.7. The lowest BCUT2D eigenvalue weighted by molar-refractivity contribution is 0.131.